The average Bonchev–Trinajstić information content (AvgIpc) is 2.83. The zero-order valence-electron chi connectivity index (χ0n) is 17.3. The van der Waals surface area contributed by atoms with Gasteiger partial charge in [0.05, 0.1) is 12.7 Å². The normalized spacial score (nSPS) is 10.0. The Labute approximate surface area is 203 Å². The van der Waals surface area contributed by atoms with E-state index in [4.69, 9.17) is 17.0 Å². The molecule has 4 N–H and O–H groups in total. The van der Waals surface area contributed by atoms with E-state index >= 15 is 0 Å². The molecule has 0 saturated carbocycles. The fourth-order valence-corrected chi connectivity index (χ4v) is 3.25. The standard InChI is InChI=1S/C23H19BrN4O4S/c1-32-19-12-9-16(24)13-18(19)22(31)26-23(33)28-27-21(30)15-7-10-17(11-8-15)25-20(29)14-5-3-2-4-6-14/h2-13H,1H3,(H,25,29)(H,27,30)(H2,26,28,31,33). The summed E-state index contributed by atoms with van der Waals surface area (Å²) in [6.45, 7) is 0. The summed E-state index contributed by atoms with van der Waals surface area (Å²) in [6.07, 6.45) is 0. The highest BCUT2D eigenvalue weighted by molar-refractivity contribution is 9.10. The Kier molecular flexibility index (Phi) is 8.11. The van der Waals surface area contributed by atoms with Gasteiger partial charge in [-0.2, -0.15) is 0 Å². The lowest BCUT2D eigenvalue weighted by Gasteiger charge is -2.13. The van der Waals surface area contributed by atoms with Crippen LogP contribution in [0.25, 0.3) is 0 Å². The summed E-state index contributed by atoms with van der Waals surface area (Å²) < 4.78 is 5.87. The smallest absolute Gasteiger partial charge is 0.269 e. The minimum absolute atomic E-state index is 0.0953. The van der Waals surface area contributed by atoms with Crippen molar-refractivity contribution in [3.05, 3.63) is 94.0 Å². The molecule has 3 aromatic rings. The average molecular weight is 527 g/mol. The SMILES string of the molecule is COc1ccc(Br)cc1C(=O)NC(=S)NNC(=O)c1ccc(NC(=O)c2ccccc2)cc1. The predicted molar refractivity (Wildman–Crippen MR) is 132 cm³/mol. The summed E-state index contributed by atoms with van der Waals surface area (Å²) in [5.74, 6) is -0.856. The molecule has 3 aromatic carbocycles. The molecular weight excluding hydrogens is 508 g/mol. The molecule has 0 aliphatic rings. The Balaban J connectivity index is 1.52. The molecular formula is C23H19BrN4O4S. The fourth-order valence-electron chi connectivity index (χ4n) is 2.74. The van der Waals surface area contributed by atoms with Gasteiger partial charge in [0.2, 0.25) is 0 Å². The van der Waals surface area contributed by atoms with E-state index in [0.717, 1.165) is 0 Å². The van der Waals surface area contributed by atoms with Crippen molar-refractivity contribution in [2.24, 2.45) is 0 Å². The Morgan fingerprint density at radius 1 is 0.818 bits per heavy atom. The molecule has 0 aromatic heterocycles. The van der Waals surface area contributed by atoms with E-state index in [0.29, 0.717) is 27.0 Å². The number of rotatable bonds is 5. The zero-order chi connectivity index (χ0) is 23.8. The van der Waals surface area contributed by atoms with Gasteiger partial charge in [0.15, 0.2) is 5.11 Å². The van der Waals surface area contributed by atoms with E-state index in [1.807, 2.05) is 6.07 Å². The summed E-state index contributed by atoms with van der Waals surface area (Å²) in [6, 6.07) is 20.1. The van der Waals surface area contributed by atoms with Crippen molar-refractivity contribution >= 4 is 56.7 Å². The van der Waals surface area contributed by atoms with Gasteiger partial charge in [0, 0.05) is 21.3 Å². The number of hydrogen-bond donors (Lipinski definition) is 4. The third-order valence-electron chi connectivity index (χ3n) is 4.36. The Morgan fingerprint density at radius 3 is 2.15 bits per heavy atom. The molecule has 0 saturated heterocycles. The van der Waals surface area contributed by atoms with E-state index in [-0.39, 0.29) is 16.6 Å². The zero-order valence-corrected chi connectivity index (χ0v) is 19.7. The maximum absolute atomic E-state index is 12.4. The van der Waals surface area contributed by atoms with Crippen molar-refractivity contribution in [1.29, 1.82) is 0 Å². The van der Waals surface area contributed by atoms with E-state index in [1.165, 1.54) is 7.11 Å². The van der Waals surface area contributed by atoms with Gasteiger partial charge in [0.25, 0.3) is 17.7 Å². The third kappa shape index (κ3) is 6.61. The van der Waals surface area contributed by atoms with E-state index in [1.54, 1.807) is 66.7 Å². The first-order valence-corrected chi connectivity index (χ1v) is 10.8. The third-order valence-corrected chi connectivity index (χ3v) is 5.06. The van der Waals surface area contributed by atoms with Crippen molar-refractivity contribution in [2.75, 3.05) is 12.4 Å². The number of amides is 3. The molecule has 8 nitrogen and oxygen atoms in total. The quantitative estimate of drug-likeness (QED) is 0.298. The number of thiocarbonyl (C=S) groups is 1. The highest BCUT2D eigenvalue weighted by atomic mass is 79.9. The molecule has 0 radical (unpaired) electrons. The topological polar surface area (TPSA) is 109 Å². The van der Waals surface area contributed by atoms with Crippen molar-refractivity contribution in [3.8, 4) is 5.75 Å². The van der Waals surface area contributed by atoms with Gasteiger partial charge in [-0.3, -0.25) is 30.6 Å². The van der Waals surface area contributed by atoms with Crippen LogP contribution in [0.4, 0.5) is 5.69 Å². The Bertz CT molecular complexity index is 1190. The predicted octanol–water partition coefficient (Wildman–Crippen LogP) is 3.66. The molecule has 3 rings (SSSR count). The van der Waals surface area contributed by atoms with Gasteiger partial charge in [-0.15, -0.1) is 0 Å². The molecule has 0 atom stereocenters. The monoisotopic (exact) mass is 526 g/mol. The molecule has 0 heterocycles. The molecule has 10 heteroatoms. The number of carbonyl (C=O) groups excluding carboxylic acids is 3. The van der Waals surface area contributed by atoms with Gasteiger partial charge >= 0.3 is 0 Å². The lowest BCUT2D eigenvalue weighted by molar-refractivity contribution is 0.0934. The molecule has 168 valence electrons. The molecule has 3 amide bonds. The van der Waals surface area contributed by atoms with Gasteiger partial charge in [-0.1, -0.05) is 34.1 Å². The van der Waals surface area contributed by atoms with Crippen LogP contribution < -0.4 is 26.2 Å². The van der Waals surface area contributed by atoms with Crippen LogP contribution in [-0.2, 0) is 0 Å². The highest BCUT2D eigenvalue weighted by Crippen LogP contribution is 2.22. The van der Waals surface area contributed by atoms with Crippen LogP contribution >= 0.6 is 28.1 Å². The number of benzene rings is 3. The minimum atomic E-state index is -0.501. The van der Waals surface area contributed by atoms with Crippen LogP contribution in [0.15, 0.2) is 77.3 Å². The van der Waals surface area contributed by atoms with Gasteiger partial charge < -0.3 is 10.1 Å². The van der Waals surface area contributed by atoms with Gasteiger partial charge in [-0.25, -0.2) is 0 Å². The number of nitrogens with one attached hydrogen (secondary N) is 4. The summed E-state index contributed by atoms with van der Waals surface area (Å²) >= 11 is 8.37. The summed E-state index contributed by atoms with van der Waals surface area (Å²) in [4.78, 5) is 37.0. The van der Waals surface area contributed by atoms with Crippen molar-refractivity contribution in [1.82, 2.24) is 16.2 Å². The second-order valence-electron chi connectivity index (χ2n) is 6.60. The number of carbonyl (C=O) groups is 3. The van der Waals surface area contributed by atoms with E-state index < -0.39 is 11.8 Å². The first-order chi connectivity index (χ1) is 15.9. The molecule has 0 aliphatic heterocycles. The van der Waals surface area contributed by atoms with Crippen molar-refractivity contribution in [3.63, 3.8) is 0 Å². The second-order valence-corrected chi connectivity index (χ2v) is 7.93. The maximum Gasteiger partial charge on any atom is 0.269 e. The van der Waals surface area contributed by atoms with Crippen LogP contribution in [-0.4, -0.2) is 29.9 Å². The molecule has 0 aliphatic carbocycles. The number of halogens is 1. The number of ether oxygens (including phenoxy) is 1. The Morgan fingerprint density at radius 2 is 1.48 bits per heavy atom. The van der Waals surface area contributed by atoms with Crippen LogP contribution in [0.1, 0.15) is 31.1 Å². The number of hydrogen-bond acceptors (Lipinski definition) is 5. The first-order valence-electron chi connectivity index (χ1n) is 9.59. The van der Waals surface area contributed by atoms with Crippen molar-refractivity contribution in [2.45, 2.75) is 0 Å². The van der Waals surface area contributed by atoms with Crippen LogP contribution in [0.5, 0.6) is 5.75 Å². The molecule has 0 spiro atoms. The first kappa shape index (κ1) is 23.9. The van der Waals surface area contributed by atoms with E-state index in [2.05, 4.69) is 37.4 Å². The Hall–Kier alpha value is -3.76. The second kappa shape index (κ2) is 11.2. The number of methoxy groups -OCH3 is 1. The molecule has 0 fully saturated rings. The number of hydrazine groups is 1. The van der Waals surface area contributed by atoms with Crippen molar-refractivity contribution < 1.29 is 19.1 Å². The van der Waals surface area contributed by atoms with Crippen LogP contribution in [0, 0.1) is 0 Å². The largest absolute Gasteiger partial charge is 0.496 e. The maximum atomic E-state index is 12.4. The highest BCUT2D eigenvalue weighted by Gasteiger charge is 2.15. The summed E-state index contributed by atoms with van der Waals surface area (Å²) in [5.41, 5.74) is 6.55. The lowest BCUT2D eigenvalue weighted by atomic mass is 10.1. The van der Waals surface area contributed by atoms with E-state index in [9.17, 15) is 14.4 Å². The summed E-state index contributed by atoms with van der Waals surface area (Å²) in [7, 11) is 1.45. The lowest BCUT2D eigenvalue weighted by Crippen LogP contribution is -2.48. The minimum Gasteiger partial charge on any atom is -0.496 e. The molecule has 0 unspecified atom stereocenters. The van der Waals surface area contributed by atoms with Crippen LogP contribution in [0.3, 0.4) is 0 Å². The van der Waals surface area contributed by atoms with Gasteiger partial charge in [0.1, 0.15) is 5.75 Å². The molecule has 0 bridgehead atoms. The van der Waals surface area contributed by atoms with Crippen LogP contribution in [0.2, 0.25) is 0 Å². The molecule has 33 heavy (non-hydrogen) atoms. The number of anilines is 1. The summed E-state index contributed by atoms with van der Waals surface area (Å²) in [5, 5.41) is 5.13. The van der Waals surface area contributed by atoms with Gasteiger partial charge in [-0.05, 0) is 66.8 Å². The fraction of sp³-hybridized carbons (Fsp3) is 0.0435.